The van der Waals surface area contributed by atoms with E-state index in [1.54, 1.807) is 13.8 Å². The fourth-order valence-electron chi connectivity index (χ4n) is 0.855. The van der Waals surface area contributed by atoms with Crippen LogP contribution in [0.25, 0.3) is 0 Å². The third-order valence-corrected chi connectivity index (χ3v) is 4.47. The number of aromatic nitrogens is 1. The minimum Gasteiger partial charge on any atom is -0.245 e. The monoisotopic (exact) mass is 206 g/mol. The molecule has 0 saturated carbocycles. The number of hydrogen-bond donors (Lipinski definition) is 1. The summed E-state index contributed by atoms with van der Waals surface area (Å²) in [6.07, 6.45) is 0. The predicted molar refractivity (Wildman–Crippen MR) is 47.8 cm³/mol. The molecule has 0 amide bonds. The Bertz CT molecular complexity index is 380. The fraction of sp³-hybridized carbons (Fsp3) is 0.500. The van der Waals surface area contributed by atoms with E-state index in [9.17, 15) is 8.42 Å². The van der Waals surface area contributed by atoms with Gasteiger partial charge in [-0.2, -0.15) is 0 Å². The van der Waals surface area contributed by atoms with E-state index in [-0.39, 0.29) is 0 Å². The van der Waals surface area contributed by atoms with Crippen molar-refractivity contribution in [2.45, 2.75) is 18.1 Å². The molecule has 0 aromatic carbocycles. The molecule has 0 aliphatic rings. The molecule has 0 radical (unpaired) electrons. The van der Waals surface area contributed by atoms with Crippen molar-refractivity contribution >= 4 is 21.4 Å². The normalized spacial score (nSPS) is 11.9. The van der Waals surface area contributed by atoms with E-state index < -0.39 is 10.0 Å². The molecule has 68 valence electrons. The first-order valence-corrected chi connectivity index (χ1v) is 5.65. The summed E-state index contributed by atoms with van der Waals surface area (Å²) < 4.78 is 25.2. The van der Waals surface area contributed by atoms with Crippen molar-refractivity contribution in [3.05, 3.63) is 10.7 Å². The van der Waals surface area contributed by atoms with Crippen molar-refractivity contribution < 1.29 is 8.42 Å². The Morgan fingerprint density at radius 1 is 1.42 bits per heavy atom. The molecule has 4 nitrogen and oxygen atoms in total. The first kappa shape index (κ1) is 9.63. The van der Waals surface area contributed by atoms with Crippen LogP contribution in [-0.4, -0.2) is 20.4 Å². The molecule has 1 aromatic heterocycles. The molecule has 0 saturated heterocycles. The van der Waals surface area contributed by atoms with Crippen LogP contribution < -0.4 is 4.72 Å². The predicted octanol–water partition coefficient (Wildman–Crippen LogP) is 0.668. The summed E-state index contributed by atoms with van der Waals surface area (Å²) >= 11 is 1.18. The number of nitrogens with one attached hydrogen (secondary N) is 1. The van der Waals surface area contributed by atoms with Crippen LogP contribution in [0, 0.1) is 13.8 Å². The number of nitrogens with zero attached hydrogens (tertiary/aromatic N) is 1. The average Bonchev–Trinajstić information content (AvgIpc) is 2.31. The molecule has 6 heteroatoms. The van der Waals surface area contributed by atoms with Gasteiger partial charge in [0, 0.05) is 0 Å². The first-order valence-electron chi connectivity index (χ1n) is 3.35. The molecule has 0 bridgehead atoms. The number of aryl methyl sites for hydroxylation is 2. The van der Waals surface area contributed by atoms with Crippen LogP contribution in [0.3, 0.4) is 0 Å². The highest BCUT2D eigenvalue weighted by molar-refractivity contribution is 7.91. The molecule has 0 aliphatic heterocycles. The van der Waals surface area contributed by atoms with E-state index in [1.165, 1.54) is 18.4 Å². The van der Waals surface area contributed by atoms with Crippen LogP contribution in [0.15, 0.2) is 4.21 Å². The van der Waals surface area contributed by atoms with Crippen LogP contribution in [0.2, 0.25) is 0 Å². The molecule has 0 aliphatic carbocycles. The lowest BCUT2D eigenvalue weighted by Crippen LogP contribution is -2.18. The van der Waals surface area contributed by atoms with Gasteiger partial charge in [-0.25, -0.2) is 18.1 Å². The lowest BCUT2D eigenvalue weighted by Gasteiger charge is -1.97. The highest BCUT2D eigenvalue weighted by Gasteiger charge is 2.18. The molecular formula is C6H10N2O2S2. The molecule has 12 heavy (non-hydrogen) atoms. The highest BCUT2D eigenvalue weighted by atomic mass is 32.2. The van der Waals surface area contributed by atoms with Crippen LogP contribution in [0.5, 0.6) is 0 Å². The Labute approximate surface area is 75.7 Å². The Kier molecular flexibility index (Phi) is 2.50. The molecule has 0 fully saturated rings. The van der Waals surface area contributed by atoms with Gasteiger partial charge in [-0.05, 0) is 20.9 Å². The minimum absolute atomic E-state index is 0.308. The van der Waals surface area contributed by atoms with E-state index in [0.717, 1.165) is 5.01 Å². The molecule has 1 heterocycles. The average molecular weight is 206 g/mol. The van der Waals surface area contributed by atoms with Crippen molar-refractivity contribution in [2.75, 3.05) is 7.05 Å². The summed E-state index contributed by atoms with van der Waals surface area (Å²) in [5.74, 6) is 0. The zero-order chi connectivity index (χ0) is 9.35. The van der Waals surface area contributed by atoms with E-state index in [0.29, 0.717) is 9.90 Å². The van der Waals surface area contributed by atoms with Gasteiger partial charge < -0.3 is 0 Å². The second-order valence-electron chi connectivity index (χ2n) is 2.31. The van der Waals surface area contributed by atoms with Gasteiger partial charge in [-0.15, -0.1) is 11.3 Å². The fourth-order valence-corrected chi connectivity index (χ4v) is 3.17. The Morgan fingerprint density at radius 2 is 2.00 bits per heavy atom. The smallest absolute Gasteiger partial charge is 0.245 e. The molecular weight excluding hydrogens is 196 g/mol. The number of thiazole rings is 1. The van der Waals surface area contributed by atoms with Gasteiger partial charge in [0.2, 0.25) is 0 Å². The van der Waals surface area contributed by atoms with Crippen molar-refractivity contribution in [3.63, 3.8) is 0 Å². The summed E-state index contributed by atoms with van der Waals surface area (Å²) in [5, 5.41) is 0.765. The van der Waals surface area contributed by atoms with Gasteiger partial charge >= 0.3 is 0 Å². The minimum atomic E-state index is -3.30. The first-order chi connectivity index (χ1) is 5.47. The molecule has 1 N–H and O–H groups in total. The van der Waals surface area contributed by atoms with E-state index >= 15 is 0 Å². The largest absolute Gasteiger partial charge is 0.251 e. The third kappa shape index (κ3) is 1.65. The van der Waals surface area contributed by atoms with Crippen molar-refractivity contribution in [1.82, 2.24) is 9.71 Å². The SMILES string of the molecule is CNS(=O)(=O)c1sc(C)nc1C. The van der Waals surface area contributed by atoms with Gasteiger partial charge in [0.15, 0.2) is 4.21 Å². The lowest BCUT2D eigenvalue weighted by atomic mass is 10.6. The quantitative estimate of drug-likeness (QED) is 0.773. The topological polar surface area (TPSA) is 59.1 Å². The molecule has 0 spiro atoms. The van der Waals surface area contributed by atoms with Crippen LogP contribution in [0.1, 0.15) is 10.7 Å². The number of sulfonamides is 1. The highest BCUT2D eigenvalue weighted by Crippen LogP contribution is 2.21. The second kappa shape index (κ2) is 3.12. The van der Waals surface area contributed by atoms with Crippen LogP contribution >= 0.6 is 11.3 Å². The standard InChI is InChI=1S/C6H10N2O2S2/c1-4-6(11-5(2)8-4)12(9,10)7-3/h7H,1-3H3. The van der Waals surface area contributed by atoms with Gasteiger partial charge in [0.1, 0.15) is 0 Å². The van der Waals surface area contributed by atoms with Gasteiger partial charge in [-0.3, -0.25) is 0 Å². The maximum atomic E-state index is 11.3. The van der Waals surface area contributed by atoms with Gasteiger partial charge in [0.05, 0.1) is 10.7 Å². The summed E-state index contributed by atoms with van der Waals surface area (Å²) in [6.45, 7) is 3.47. The van der Waals surface area contributed by atoms with E-state index in [2.05, 4.69) is 9.71 Å². The Morgan fingerprint density at radius 3 is 2.33 bits per heavy atom. The Hall–Kier alpha value is -0.460. The molecule has 0 atom stereocenters. The van der Waals surface area contributed by atoms with Crippen molar-refractivity contribution in [2.24, 2.45) is 0 Å². The van der Waals surface area contributed by atoms with E-state index in [4.69, 9.17) is 0 Å². The second-order valence-corrected chi connectivity index (χ2v) is 5.60. The van der Waals surface area contributed by atoms with E-state index in [1.807, 2.05) is 0 Å². The zero-order valence-corrected chi connectivity index (χ0v) is 8.71. The third-order valence-electron chi connectivity index (χ3n) is 1.37. The molecule has 1 rings (SSSR count). The van der Waals surface area contributed by atoms with Crippen molar-refractivity contribution in [1.29, 1.82) is 0 Å². The molecule has 0 unspecified atom stereocenters. The summed E-state index contributed by atoms with van der Waals surface area (Å²) in [7, 11) is -1.91. The maximum absolute atomic E-state index is 11.3. The summed E-state index contributed by atoms with van der Waals surface area (Å²) in [4.78, 5) is 4.02. The van der Waals surface area contributed by atoms with Crippen LogP contribution in [-0.2, 0) is 10.0 Å². The van der Waals surface area contributed by atoms with Crippen LogP contribution in [0.4, 0.5) is 0 Å². The zero-order valence-electron chi connectivity index (χ0n) is 7.08. The molecule has 1 aromatic rings. The number of hydrogen-bond acceptors (Lipinski definition) is 4. The summed E-state index contributed by atoms with van der Waals surface area (Å²) in [5.41, 5.74) is 0.562. The van der Waals surface area contributed by atoms with Gasteiger partial charge in [0.25, 0.3) is 10.0 Å². The summed E-state index contributed by atoms with van der Waals surface area (Å²) in [6, 6.07) is 0. The number of rotatable bonds is 2. The maximum Gasteiger partial charge on any atom is 0.251 e. The van der Waals surface area contributed by atoms with Crippen molar-refractivity contribution in [3.8, 4) is 0 Å². The lowest BCUT2D eigenvalue weighted by molar-refractivity contribution is 0.589. The Balaban J connectivity index is 3.29. The van der Waals surface area contributed by atoms with Gasteiger partial charge in [-0.1, -0.05) is 0 Å².